The zero-order chi connectivity index (χ0) is 25.5. The summed E-state index contributed by atoms with van der Waals surface area (Å²) in [6.45, 7) is 3.20. The molecule has 2 aliphatic rings. The van der Waals surface area contributed by atoms with Gasteiger partial charge in [0.05, 0.1) is 25.4 Å². The van der Waals surface area contributed by atoms with Crippen LogP contribution in [0.3, 0.4) is 0 Å². The first-order valence-corrected chi connectivity index (χ1v) is 12.0. The number of hydrogen-bond acceptors (Lipinski definition) is 6. The van der Waals surface area contributed by atoms with Gasteiger partial charge >= 0.3 is 6.09 Å². The van der Waals surface area contributed by atoms with Gasteiger partial charge in [-0.05, 0) is 17.7 Å². The molecule has 1 atom stereocenters. The summed E-state index contributed by atoms with van der Waals surface area (Å²) in [6, 6.07) is 14.0. The molecule has 1 N–H and O–H groups in total. The lowest BCUT2D eigenvalue weighted by Gasteiger charge is -2.32. The van der Waals surface area contributed by atoms with Gasteiger partial charge in [0.25, 0.3) is 0 Å². The Hall–Kier alpha value is -3.66. The third kappa shape index (κ3) is 6.72. The zero-order valence-electron chi connectivity index (χ0n) is 20.2. The van der Waals surface area contributed by atoms with Crippen molar-refractivity contribution >= 4 is 23.6 Å². The van der Waals surface area contributed by atoms with Gasteiger partial charge in [0.15, 0.2) is 11.6 Å². The number of cyclic esters (lactones) is 1. The molecule has 36 heavy (non-hydrogen) atoms. The monoisotopic (exact) mass is 499 g/mol. The van der Waals surface area contributed by atoms with Gasteiger partial charge in [0.1, 0.15) is 18.8 Å². The number of ether oxygens (including phenoxy) is 3. The predicted octanol–water partition coefficient (Wildman–Crippen LogP) is 2.87. The first-order valence-electron chi connectivity index (χ1n) is 12.0. The van der Waals surface area contributed by atoms with Crippen molar-refractivity contribution in [2.75, 3.05) is 37.7 Å². The molecule has 2 aromatic rings. The molecule has 3 amide bonds. The first kappa shape index (κ1) is 25.4. The van der Waals surface area contributed by atoms with Crippen LogP contribution in [0.4, 0.5) is 14.9 Å². The largest absolute Gasteiger partial charge is 0.487 e. The van der Waals surface area contributed by atoms with Crippen LogP contribution in [-0.4, -0.2) is 67.8 Å². The van der Waals surface area contributed by atoms with Crippen LogP contribution in [0.25, 0.3) is 0 Å². The molecule has 0 spiro atoms. The average molecular weight is 500 g/mol. The van der Waals surface area contributed by atoms with Crippen molar-refractivity contribution in [3.63, 3.8) is 0 Å². The third-order valence-corrected chi connectivity index (χ3v) is 6.11. The second-order valence-electron chi connectivity index (χ2n) is 8.84. The maximum Gasteiger partial charge on any atom is 0.414 e. The number of amides is 3. The predicted molar refractivity (Wildman–Crippen MR) is 129 cm³/mol. The van der Waals surface area contributed by atoms with E-state index in [0.717, 1.165) is 5.56 Å². The van der Waals surface area contributed by atoms with Crippen LogP contribution in [0.15, 0.2) is 48.5 Å². The molecule has 0 bridgehead atoms. The first-order chi connectivity index (χ1) is 17.4. The Bertz CT molecular complexity index is 1070. The molecule has 2 heterocycles. The van der Waals surface area contributed by atoms with Gasteiger partial charge in [-0.25, -0.2) is 9.18 Å². The van der Waals surface area contributed by atoms with E-state index in [4.69, 9.17) is 14.2 Å². The molecule has 0 aromatic heterocycles. The van der Waals surface area contributed by atoms with Gasteiger partial charge in [-0.1, -0.05) is 30.3 Å². The lowest BCUT2D eigenvalue weighted by atomic mass is 10.1. The Balaban J connectivity index is 1.22. The molecule has 2 aromatic carbocycles. The third-order valence-electron chi connectivity index (χ3n) is 6.11. The van der Waals surface area contributed by atoms with E-state index in [1.165, 1.54) is 24.0 Å². The van der Waals surface area contributed by atoms with Crippen LogP contribution in [0.5, 0.6) is 5.75 Å². The minimum atomic E-state index is -0.594. The number of benzene rings is 2. The number of rotatable bonds is 9. The summed E-state index contributed by atoms with van der Waals surface area (Å²) in [4.78, 5) is 38.7. The SMILES string of the molecule is CC(=O)NC[C@H]1CN(c2ccc(OC3CCN(C(=O)COCc4ccccc4)CC3)c(F)c2)C(=O)O1. The molecule has 10 heteroatoms. The van der Waals surface area contributed by atoms with Crippen molar-refractivity contribution in [2.24, 2.45) is 0 Å². The summed E-state index contributed by atoms with van der Waals surface area (Å²) >= 11 is 0. The summed E-state index contributed by atoms with van der Waals surface area (Å²) in [6.07, 6.45) is -0.164. The smallest absolute Gasteiger partial charge is 0.414 e. The van der Waals surface area contributed by atoms with Crippen molar-refractivity contribution in [1.29, 1.82) is 0 Å². The maximum absolute atomic E-state index is 14.8. The van der Waals surface area contributed by atoms with E-state index in [1.807, 2.05) is 30.3 Å². The summed E-state index contributed by atoms with van der Waals surface area (Å²) < 4.78 is 31.4. The number of halogens is 1. The number of hydrogen-bond donors (Lipinski definition) is 1. The Morgan fingerprint density at radius 2 is 1.89 bits per heavy atom. The number of carbonyl (C=O) groups is 3. The minimum Gasteiger partial charge on any atom is -0.487 e. The standard InChI is InChI=1S/C26H30FN3O6/c1-18(31)28-14-22-15-30(26(33)36-22)20-7-8-24(23(27)13-20)35-21-9-11-29(12-10-21)25(32)17-34-16-19-5-3-2-4-6-19/h2-8,13,21-22H,9-12,14-17H2,1H3,(H,28,31)/t22-/m0/s1. The van der Waals surface area contributed by atoms with Gasteiger partial charge < -0.3 is 24.4 Å². The van der Waals surface area contributed by atoms with E-state index in [1.54, 1.807) is 11.0 Å². The molecule has 0 radical (unpaired) electrons. The number of nitrogens with one attached hydrogen (secondary N) is 1. The summed E-state index contributed by atoms with van der Waals surface area (Å²) in [5, 5.41) is 2.60. The molecule has 192 valence electrons. The average Bonchev–Trinajstić information content (AvgIpc) is 3.25. The van der Waals surface area contributed by atoms with E-state index in [2.05, 4.69) is 5.32 Å². The van der Waals surface area contributed by atoms with Crippen LogP contribution in [0.1, 0.15) is 25.3 Å². The van der Waals surface area contributed by atoms with Crippen molar-refractivity contribution in [2.45, 2.75) is 38.6 Å². The molecule has 4 rings (SSSR count). The Morgan fingerprint density at radius 3 is 2.58 bits per heavy atom. The highest BCUT2D eigenvalue weighted by atomic mass is 19.1. The van der Waals surface area contributed by atoms with E-state index < -0.39 is 18.0 Å². The highest BCUT2D eigenvalue weighted by Gasteiger charge is 2.33. The summed E-state index contributed by atoms with van der Waals surface area (Å²) in [5.74, 6) is -0.784. The van der Waals surface area contributed by atoms with Gasteiger partial charge in [0, 0.05) is 38.9 Å². The fraction of sp³-hybridized carbons (Fsp3) is 0.423. The van der Waals surface area contributed by atoms with Crippen molar-refractivity contribution in [1.82, 2.24) is 10.2 Å². The molecule has 0 unspecified atom stereocenters. The zero-order valence-corrected chi connectivity index (χ0v) is 20.2. The molecule has 2 saturated heterocycles. The fourth-order valence-corrected chi connectivity index (χ4v) is 4.17. The number of carbonyl (C=O) groups excluding carboxylic acids is 3. The second-order valence-corrected chi connectivity index (χ2v) is 8.84. The lowest BCUT2D eigenvalue weighted by Crippen LogP contribution is -2.43. The summed E-state index contributed by atoms with van der Waals surface area (Å²) in [7, 11) is 0. The number of piperidine rings is 1. The summed E-state index contributed by atoms with van der Waals surface area (Å²) in [5.41, 5.74) is 1.36. The number of likely N-dealkylation sites (tertiary alicyclic amines) is 1. The molecule has 0 aliphatic carbocycles. The van der Waals surface area contributed by atoms with Gasteiger partial charge in [-0.3, -0.25) is 14.5 Å². The Labute approximate surface area is 209 Å². The highest BCUT2D eigenvalue weighted by molar-refractivity contribution is 5.90. The second kappa shape index (κ2) is 11.9. The Kier molecular flexibility index (Phi) is 8.37. The fourth-order valence-electron chi connectivity index (χ4n) is 4.17. The minimum absolute atomic E-state index is 0.0150. The van der Waals surface area contributed by atoms with E-state index >= 15 is 0 Å². The van der Waals surface area contributed by atoms with Crippen LogP contribution >= 0.6 is 0 Å². The van der Waals surface area contributed by atoms with E-state index in [9.17, 15) is 18.8 Å². The number of anilines is 1. The maximum atomic E-state index is 14.8. The molecular formula is C26H30FN3O6. The molecule has 0 saturated carbocycles. The molecule has 2 fully saturated rings. The molecule has 9 nitrogen and oxygen atoms in total. The number of nitrogens with zero attached hydrogens (tertiary/aromatic N) is 2. The molecular weight excluding hydrogens is 469 g/mol. The van der Waals surface area contributed by atoms with Crippen LogP contribution in [0.2, 0.25) is 0 Å². The quantitative estimate of drug-likeness (QED) is 0.570. The van der Waals surface area contributed by atoms with E-state index in [-0.39, 0.29) is 43.4 Å². The van der Waals surface area contributed by atoms with E-state index in [0.29, 0.717) is 38.2 Å². The van der Waals surface area contributed by atoms with Crippen LogP contribution in [0, 0.1) is 5.82 Å². The van der Waals surface area contributed by atoms with Crippen molar-refractivity contribution in [3.05, 3.63) is 59.9 Å². The van der Waals surface area contributed by atoms with Crippen molar-refractivity contribution in [3.8, 4) is 5.75 Å². The molecule has 2 aliphatic heterocycles. The normalized spacial score (nSPS) is 18.2. The van der Waals surface area contributed by atoms with Gasteiger partial charge in [-0.2, -0.15) is 0 Å². The van der Waals surface area contributed by atoms with Crippen molar-refractivity contribution < 1.29 is 33.0 Å². The highest BCUT2D eigenvalue weighted by Crippen LogP contribution is 2.29. The van der Waals surface area contributed by atoms with Gasteiger partial charge in [-0.15, -0.1) is 0 Å². The van der Waals surface area contributed by atoms with Crippen LogP contribution < -0.4 is 15.0 Å². The van der Waals surface area contributed by atoms with Gasteiger partial charge in [0.2, 0.25) is 11.8 Å². The van der Waals surface area contributed by atoms with Crippen LogP contribution in [-0.2, 0) is 25.7 Å². The topological polar surface area (TPSA) is 97.4 Å². The Morgan fingerprint density at radius 1 is 1.14 bits per heavy atom. The lowest BCUT2D eigenvalue weighted by molar-refractivity contribution is -0.138.